The number of morpholine rings is 1. The molecular formula is C19H20N4O2. The molecule has 1 fully saturated rings. The van der Waals surface area contributed by atoms with Gasteiger partial charge >= 0.3 is 6.03 Å². The fraction of sp³-hybridized carbons (Fsp3) is 0.263. The smallest absolute Gasteiger partial charge is 0.321 e. The van der Waals surface area contributed by atoms with Gasteiger partial charge in [-0.1, -0.05) is 18.2 Å². The predicted molar refractivity (Wildman–Crippen MR) is 97.6 cm³/mol. The fourth-order valence-electron chi connectivity index (χ4n) is 3.09. The molecule has 6 nitrogen and oxygen atoms in total. The molecule has 0 atom stereocenters. The zero-order valence-electron chi connectivity index (χ0n) is 14.1. The first-order chi connectivity index (χ1) is 12.2. The molecular weight excluding hydrogens is 316 g/mol. The summed E-state index contributed by atoms with van der Waals surface area (Å²) in [5, 5.41) is 8.36. The molecule has 128 valence electrons. The van der Waals surface area contributed by atoms with Gasteiger partial charge in [-0.25, -0.2) is 4.79 Å². The van der Waals surface area contributed by atoms with E-state index in [0.717, 1.165) is 27.7 Å². The molecule has 6 heteroatoms. The number of hydrogen-bond donors (Lipinski definition) is 1. The van der Waals surface area contributed by atoms with Gasteiger partial charge in [0.2, 0.25) is 0 Å². The van der Waals surface area contributed by atoms with Crippen LogP contribution in [-0.2, 0) is 11.8 Å². The number of ether oxygens (including phenoxy) is 1. The minimum Gasteiger partial charge on any atom is -0.378 e. The van der Waals surface area contributed by atoms with Gasteiger partial charge in [0.05, 0.1) is 24.9 Å². The van der Waals surface area contributed by atoms with Crippen molar-refractivity contribution >= 4 is 22.6 Å². The molecule has 3 aromatic rings. The largest absolute Gasteiger partial charge is 0.378 e. The maximum absolute atomic E-state index is 12.3. The number of nitrogens with zero attached hydrogens (tertiary/aromatic N) is 3. The lowest BCUT2D eigenvalue weighted by Crippen LogP contribution is -2.43. The lowest BCUT2D eigenvalue weighted by molar-refractivity contribution is 0.0564. The Hall–Kier alpha value is -2.86. The van der Waals surface area contributed by atoms with Crippen LogP contribution in [0.1, 0.15) is 0 Å². The van der Waals surface area contributed by atoms with Gasteiger partial charge in [-0.3, -0.25) is 4.68 Å². The Bertz CT molecular complexity index is 913. The van der Waals surface area contributed by atoms with E-state index in [1.165, 1.54) is 0 Å². The van der Waals surface area contributed by atoms with Crippen molar-refractivity contribution in [1.29, 1.82) is 0 Å². The van der Waals surface area contributed by atoms with Gasteiger partial charge in [-0.15, -0.1) is 0 Å². The molecule has 1 saturated heterocycles. The number of nitrogens with one attached hydrogen (secondary N) is 1. The predicted octanol–water partition coefficient (Wildman–Crippen LogP) is 3.10. The lowest BCUT2D eigenvalue weighted by Gasteiger charge is -2.27. The number of rotatable bonds is 2. The Balaban J connectivity index is 1.56. The topological polar surface area (TPSA) is 59.4 Å². The summed E-state index contributed by atoms with van der Waals surface area (Å²) in [5.41, 5.74) is 4.05. The van der Waals surface area contributed by atoms with E-state index >= 15 is 0 Å². The Labute approximate surface area is 146 Å². The van der Waals surface area contributed by atoms with Crippen LogP contribution in [0.15, 0.2) is 48.7 Å². The number of amides is 2. The Morgan fingerprint density at radius 1 is 1.12 bits per heavy atom. The third-order valence-electron chi connectivity index (χ3n) is 4.49. The van der Waals surface area contributed by atoms with Crippen LogP contribution >= 0.6 is 0 Å². The molecule has 0 saturated carbocycles. The summed E-state index contributed by atoms with van der Waals surface area (Å²) in [4.78, 5) is 14.1. The molecule has 1 aliphatic heterocycles. The number of anilines is 1. The second-order valence-electron chi connectivity index (χ2n) is 6.15. The van der Waals surface area contributed by atoms with Gasteiger partial charge in [0, 0.05) is 31.2 Å². The summed E-state index contributed by atoms with van der Waals surface area (Å²) in [6.45, 7) is 2.45. The van der Waals surface area contributed by atoms with Gasteiger partial charge in [-0.2, -0.15) is 5.10 Å². The molecule has 0 bridgehead atoms. The number of carbonyl (C=O) groups excluding carboxylic acids is 1. The molecule has 1 aromatic heterocycles. The van der Waals surface area contributed by atoms with Crippen LogP contribution in [-0.4, -0.2) is 47.0 Å². The van der Waals surface area contributed by atoms with Crippen LogP contribution in [0.4, 0.5) is 10.5 Å². The third kappa shape index (κ3) is 3.21. The number of carbonyl (C=O) groups is 1. The van der Waals surface area contributed by atoms with E-state index in [1.54, 1.807) is 4.90 Å². The zero-order valence-corrected chi connectivity index (χ0v) is 14.1. The first-order valence-electron chi connectivity index (χ1n) is 8.36. The van der Waals surface area contributed by atoms with Crippen molar-refractivity contribution in [1.82, 2.24) is 14.7 Å². The third-order valence-corrected chi connectivity index (χ3v) is 4.49. The number of hydrogen-bond acceptors (Lipinski definition) is 3. The molecule has 1 N–H and O–H groups in total. The average molecular weight is 336 g/mol. The summed E-state index contributed by atoms with van der Waals surface area (Å²) in [6.07, 6.45) is 1.86. The molecule has 0 spiro atoms. The van der Waals surface area contributed by atoms with Crippen LogP contribution in [0.5, 0.6) is 0 Å². The Morgan fingerprint density at radius 2 is 1.92 bits per heavy atom. The highest BCUT2D eigenvalue weighted by atomic mass is 16.5. The molecule has 2 amide bonds. The Morgan fingerprint density at radius 3 is 2.76 bits per heavy atom. The summed E-state index contributed by atoms with van der Waals surface area (Å²) in [5.74, 6) is 0. The monoisotopic (exact) mass is 336 g/mol. The second-order valence-corrected chi connectivity index (χ2v) is 6.15. The highest BCUT2D eigenvalue weighted by Gasteiger charge is 2.16. The van der Waals surface area contributed by atoms with E-state index in [1.807, 2.05) is 42.2 Å². The maximum atomic E-state index is 12.3. The average Bonchev–Trinajstić information content (AvgIpc) is 3.03. The molecule has 2 heterocycles. The number of urea groups is 1. The first kappa shape index (κ1) is 15.7. The van der Waals surface area contributed by atoms with Crippen LogP contribution in [0.25, 0.3) is 22.0 Å². The minimum absolute atomic E-state index is 0.0804. The van der Waals surface area contributed by atoms with E-state index < -0.39 is 0 Å². The van der Waals surface area contributed by atoms with E-state index in [-0.39, 0.29) is 6.03 Å². The summed E-state index contributed by atoms with van der Waals surface area (Å²) in [7, 11) is 1.93. The summed E-state index contributed by atoms with van der Waals surface area (Å²) in [6, 6.07) is 14.1. The second kappa shape index (κ2) is 6.57. The van der Waals surface area contributed by atoms with Gasteiger partial charge in [0.15, 0.2) is 0 Å². The molecule has 4 rings (SSSR count). The van der Waals surface area contributed by atoms with Crippen molar-refractivity contribution in [2.75, 3.05) is 31.6 Å². The fourth-order valence-corrected chi connectivity index (χ4v) is 3.09. The van der Waals surface area contributed by atoms with Crippen LogP contribution in [0, 0.1) is 0 Å². The molecule has 0 radical (unpaired) electrons. The van der Waals surface area contributed by atoms with Crippen molar-refractivity contribution in [3.8, 4) is 11.1 Å². The minimum atomic E-state index is -0.0804. The van der Waals surface area contributed by atoms with E-state index in [4.69, 9.17) is 4.74 Å². The SMILES string of the molecule is Cn1ncc2cc(-c3cccc(NC(=O)N4CCOCC4)c3)ccc21. The highest BCUT2D eigenvalue weighted by Crippen LogP contribution is 2.26. The van der Waals surface area contributed by atoms with Crippen LogP contribution in [0.2, 0.25) is 0 Å². The quantitative estimate of drug-likeness (QED) is 0.782. The summed E-state index contributed by atoms with van der Waals surface area (Å²) >= 11 is 0. The summed E-state index contributed by atoms with van der Waals surface area (Å²) < 4.78 is 7.14. The first-order valence-corrected chi connectivity index (χ1v) is 8.36. The number of aryl methyl sites for hydroxylation is 1. The van der Waals surface area contributed by atoms with Crippen molar-refractivity contribution < 1.29 is 9.53 Å². The highest BCUT2D eigenvalue weighted by molar-refractivity contribution is 5.91. The number of benzene rings is 2. The maximum Gasteiger partial charge on any atom is 0.321 e. The van der Waals surface area contributed by atoms with Crippen LogP contribution in [0.3, 0.4) is 0 Å². The van der Waals surface area contributed by atoms with Crippen molar-refractivity contribution in [3.05, 3.63) is 48.7 Å². The van der Waals surface area contributed by atoms with Gasteiger partial charge in [0.1, 0.15) is 0 Å². The molecule has 2 aromatic carbocycles. The molecule has 1 aliphatic rings. The zero-order chi connectivity index (χ0) is 17.2. The van der Waals surface area contributed by atoms with E-state index in [0.29, 0.717) is 26.3 Å². The van der Waals surface area contributed by atoms with Gasteiger partial charge < -0.3 is 15.0 Å². The van der Waals surface area contributed by atoms with E-state index in [9.17, 15) is 4.79 Å². The molecule has 0 unspecified atom stereocenters. The Kier molecular flexibility index (Phi) is 4.11. The lowest BCUT2D eigenvalue weighted by atomic mass is 10.0. The molecule has 0 aliphatic carbocycles. The van der Waals surface area contributed by atoms with Crippen LogP contribution < -0.4 is 5.32 Å². The van der Waals surface area contributed by atoms with Crippen molar-refractivity contribution in [2.24, 2.45) is 7.05 Å². The van der Waals surface area contributed by atoms with Crippen molar-refractivity contribution in [2.45, 2.75) is 0 Å². The normalized spacial score (nSPS) is 14.7. The number of aromatic nitrogens is 2. The standard InChI is InChI=1S/C19H20N4O2/c1-22-18-6-5-15(11-16(18)13-20-22)14-3-2-4-17(12-14)21-19(24)23-7-9-25-10-8-23/h2-6,11-13H,7-10H2,1H3,(H,21,24). The number of fused-ring (bicyclic) bond motifs is 1. The van der Waals surface area contributed by atoms with Crippen molar-refractivity contribution in [3.63, 3.8) is 0 Å². The van der Waals surface area contributed by atoms with Gasteiger partial charge in [-0.05, 0) is 35.4 Å². The van der Waals surface area contributed by atoms with Gasteiger partial charge in [0.25, 0.3) is 0 Å². The van der Waals surface area contributed by atoms with E-state index in [2.05, 4.69) is 28.6 Å². The molecule has 25 heavy (non-hydrogen) atoms.